The number of hydrogen-bond donors (Lipinski definition) is 0. The Morgan fingerprint density at radius 2 is 1.19 bits per heavy atom. The molecule has 5 fully saturated rings. The van der Waals surface area contributed by atoms with Gasteiger partial charge in [-0.2, -0.15) is 0 Å². The number of methoxy groups -OCH3 is 3. The van der Waals surface area contributed by atoms with Gasteiger partial charge in [-0.05, 0) is 58.5 Å². The summed E-state index contributed by atoms with van der Waals surface area (Å²) in [5.41, 5.74) is 0. The van der Waals surface area contributed by atoms with E-state index < -0.39 is 0 Å². The third-order valence-electron chi connectivity index (χ3n) is 9.25. The van der Waals surface area contributed by atoms with Crippen LogP contribution in [0.4, 0.5) is 0 Å². The zero-order valence-corrected chi connectivity index (χ0v) is 21.7. The first kappa shape index (κ1) is 23.3. The summed E-state index contributed by atoms with van der Waals surface area (Å²) < 4.78 is 18.6. The zero-order chi connectivity index (χ0) is 21.9. The lowest BCUT2D eigenvalue weighted by molar-refractivity contribution is -0.106. The number of rotatable bonds is 3. The summed E-state index contributed by atoms with van der Waals surface area (Å²) in [6.07, 6.45) is 8.51. The van der Waals surface area contributed by atoms with Crippen molar-refractivity contribution in [1.29, 1.82) is 0 Å². The maximum Gasteiger partial charge on any atom is 0.0872 e. The van der Waals surface area contributed by atoms with Gasteiger partial charge in [-0.15, -0.1) is 23.5 Å². The number of likely N-dealkylation sites (N-methyl/N-ethyl adjacent to an activating group) is 2. The number of hydrogen-bond acceptors (Lipinski definition) is 7. The maximum absolute atomic E-state index is 6.39. The molecule has 0 spiro atoms. The van der Waals surface area contributed by atoms with Crippen molar-refractivity contribution >= 4 is 23.5 Å². The van der Waals surface area contributed by atoms with Gasteiger partial charge in [0.2, 0.25) is 0 Å². The van der Waals surface area contributed by atoms with Crippen LogP contribution in [-0.2, 0) is 14.2 Å². The van der Waals surface area contributed by atoms with E-state index in [2.05, 4.69) is 54.3 Å². The summed E-state index contributed by atoms with van der Waals surface area (Å²) >= 11 is 4.45. The quantitative estimate of drug-likeness (QED) is 0.626. The first-order valence-corrected chi connectivity index (χ1v) is 14.2. The summed E-state index contributed by atoms with van der Waals surface area (Å²) in [4.78, 5) is 5.42. The van der Waals surface area contributed by atoms with Gasteiger partial charge in [0.1, 0.15) is 0 Å². The van der Waals surface area contributed by atoms with Crippen LogP contribution in [0.2, 0.25) is 0 Å². The van der Waals surface area contributed by atoms with E-state index in [1.807, 2.05) is 21.3 Å². The van der Waals surface area contributed by atoms with Crippen molar-refractivity contribution in [2.45, 2.75) is 109 Å². The number of nitrogens with zero attached hydrogens (tertiary/aromatic N) is 2. The fourth-order valence-corrected chi connectivity index (χ4v) is 12.1. The van der Waals surface area contributed by atoms with Gasteiger partial charge in [-0.25, -0.2) is 0 Å². The molecular weight excluding hydrogens is 428 g/mol. The fraction of sp³-hybridized carbons (Fsp3) is 1.00. The Kier molecular flexibility index (Phi) is 6.96. The highest BCUT2D eigenvalue weighted by atomic mass is 32.2. The molecule has 0 N–H and O–H groups in total. The molecule has 0 aromatic heterocycles. The molecule has 0 amide bonds. The van der Waals surface area contributed by atoms with E-state index in [0.717, 1.165) is 17.6 Å². The predicted molar refractivity (Wildman–Crippen MR) is 130 cm³/mol. The van der Waals surface area contributed by atoms with Crippen molar-refractivity contribution in [3.05, 3.63) is 0 Å². The summed E-state index contributed by atoms with van der Waals surface area (Å²) in [6.45, 7) is 2.44. The van der Waals surface area contributed by atoms with Crippen LogP contribution in [0, 0.1) is 5.92 Å². The van der Waals surface area contributed by atoms with Crippen LogP contribution in [-0.4, -0.2) is 109 Å². The lowest BCUT2D eigenvalue weighted by atomic mass is 9.78. The number of ether oxygens (including phenoxy) is 3. The van der Waals surface area contributed by atoms with Crippen LogP contribution >= 0.6 is 23.5 Å². The largest absolute Gasteiger partial charge is 0.381 e. The standard InChI is InChI=1S/C24H42N2O3S2/c1-13-7-9-15-17(11-13)30-23-19(25(15)2)22(29-6)24-20(21(23)28-5)26(3)16-10-8-14(27-4)12-18(16)31-24/h13-24H,7-12H2,1-6H3. The molecule has 0 aromatic rings. The van der Waals surface area contributed by atoms with Crippen molar-refractivity contribution in [3.63, 3.8) is 0 Å². The molecule has 3 saturated carbocycles. The van der Waals surface area contributed by atoms with Gasteiger partial charge in [0.15, 0.2) is 0 Å². The topological polar surface area (TPSA) is 34.2 Å². The molecule has 0 aromatic carbocycles. The average Bonchev–Trinajstić information content (AvgIpc) is 2.77. The smallest absolute Gasteiger partial charge is 0.0872 e. The van der Waals surface area contributed by atoms with Crippen molar-refractivity contribution in [2.75, 3.05) is 35.4 Å². The highest BCUT2D eigenvalue weighted by molar-refractivity contribution is 8.01. The molecule has 5 nitrogen and oxygen atoms in total. The Balaban J connectivity index is 1.47. The van der Waals surface area contributed by atoms with Crippen LogP contribution in [0.3, 0.4) is 0 Å². The first-order valence-electron chi connectivity index (χ1n) is 12.3. The molecule has 12 atom stereocenters. The molecule has 12 unspecified atom stereocenters. The lowest BCUT2D eigenvalue weighted by Crippen LogP contribution is -2.76. The average molecular weight is 471 g/mol. The van der Waals surface area contributed by atoms with Crippen molar-refractivity contribution < 1.29 is 14.2 Å². The Morgan fingerprint density at radius 3 is 1.71 bits per heavy atom. The van der Waals surface area contributed by atoms with Gasteiger partial charge < -0.3 is 14.2 Å². The van der Waals surface area contributed by atoms with Crippen LogP contribution in [0.5, 0.6) is 0 Å². The first-order chi connectivity index (χ1) is 15.0. The molecule has 178 valence electrons. The normalized spacial score (nSPS) is 53.2. The minimum absolute atomic E-state index is 0.246. The Labute approximate surface area is 197 Å². The van der Waals surface area contributed by atoms with E-state index in [9.17, 15) is 0 Å². The van der Waals surface area contributed by atoms with E-state index in [0.29, 0.717) is 46.0 Å². The minimum atomic E-state index is 0.246. The third-order valence-corrected chi connectivity index (χ3v) is 12.7. The fourth-order valence-electron chi connectivity index (χ4n) is 7.61. The van der Waals surface area contributed by atoms with E-state index in [1.54, 1.807) is 0 Å². The molecule has 5 rings (SSSR count). The van der Waals surface area contributed by atoms with E-state index in [4.69, 9.17) is 14.2 Å². The molecule has 2 saturated heterocycles. The van der Waals surface area contributed by atoms with Gasteiger partial charge >= 0.3 is 0 Å². The van der Waals surface area contributed by atoms with Crippen LogP contribution in [0.1, 0.15) is 45.4 Å². The van der Waals surface area contributed by atoms with Gasteiger partial charge in [0, 0.05) is 43.9 Å². The SMILES string of the molecule is COC1CCC2C(C1)SC1C(OC)C3C(SC4CC(C)CCC4N3C)C(OC)C1N2C. The van der Waals surface area contributed by atoms with Crippen LogP contribution in [0.25, 0.3) is 0 Å². The maximum atomic E-state index is 6.39. The highest BCUT2D eigenvalue weighted by Crippen LogP contribution is 2.54. The highest BCUT2D eigenvalue weighted by Gasteiger charge is 2.61. The van der Waals surface area contributed by atoms with Crippen molar-refractivity contribution in [1.82, 2.24) is 9.80 Å². The second-order valence-electron chi connectivity index (χ2n) is 10.7. The van der Waals surface area contributed by atoms with Crippen LogP contribution < -0.4 is 0 Å². The zero-order valence-electron chi connectivity index (χ0n) is 20.1. The second kappa shape index (κ2) is 9.27. The molecule has 5 aliphatic rings. The predicted octanol–water partition coefficient (Wildman–Crippen LogP) is 3.35. The van der Waals surface area contributed by atoms with Gasteiger partial charge in [0.25, 0.3) is 0 Å². The van der Waals surface area contributed by atoms with Crippen molar-refractivity contribution in [2.24, 2.45) is 5.92 Å². The Bertz CT molecular complexity index is 642. The summed E-state index contributed by atoms with van der Waals surface area (Å²) in [5.74, 6) is 0.846. The number of thioether (sulfide) groups is 2. The van der Waals surface area contributed by atoms with Gasteiger partial charge in [-0.3, -0.25) is 9.80 Å². The van der Waals surface area contributed by atoms with E-state index in [1.165, 1.54) is 32.1 Å². The molecular formula is C24H42N2O3S2. The van der Waals surface area contributed by atoms with E-state index in [-0.39, 0.29) is 12.2 Å². The molecule has 3 aliphatic carbocycles. The van der Waals surface area contributed by atoms with Crippen molar-refractivity contribution in [3.8, 4) is 0 Å². The number of fused-ring (bicyclic) bond motifs is 4. The Morgan fingerprint density at radius 1 is 0.677 bits per heavy atom. The molecule has 2 aliphatic heterocycles. The molecule has 2 heterocycles. The molecule has 0 radical (unpaired) electrons. The van der Waals surface area contributed by atoms with Crippen LogP contribution in [0.15, 0.2) is 0 Å². The summed E-state index contributed by atoms with van der Waals surface area (Å²) in [5, 5.41) is 2.28. The molecule has 31 heavy (non-hydrogen) atoms. The second-order valence-corrected chi connectivity index (χ2v) is 13.6. The lowest BCUT2D eigenvalue weighted by Gasteiger charge is -2.63. The molecule has 7 heteroatoms. The summed E-state index contributed by atoms with van der Waals surface area (Å²) in [7, 11) is 10.5. The summed E-state index contributed by atoms with van der Waals surface area (Å²) in [6, 6.07) is 2.15. The van der Waals surface area contributed by atoms with Gasteiger partial charge in [-0.1, -0.05) is 6.92 Å². The minimum Gasteiger partial charge on any atom is -0.381 e. The Hall–Kier alpha value is 0.500. The van der Waals surface area contributed by atoms with E-state index >= 15 is 0 Å². The molecule has 0 bridgehead atoms. The van der Waals surface area contributed by atoms with Gasteiger partial charge in [0.05, 0.1) is 40.9 Å². The third kappa shape index (κ3) is 3.82. The monoisotopic (exact) mass is 470 g/mol.